The maximum Gasteiger partial charge on any atom is 0.229 e. The molecule has 0 fully saturated rings. The highest BCUT2D eigenvalue weighted by Gasteiger charge is 2.19. The maximum atomic E-state index is 12.8. The van der Waals surface area contributed by atoms with E-state index >= 15 is 0 Å². The molecule has 0 aliphatic carbocycles. The van der Waals surface area contributed by atoms with Crippen LogP contribution in [0.1, 0.15) is 67.7 Å². The van der Waals surface area contributed by atoms with Gasteiger partial charge in [-0.15, -0.1) is 0 Å². The molecule has 0 aliphatic heterocycles. The van der Waals surface area contributed by atoms with Gasteiger partial charge in [0.05, 0.1) is 16.6 Å². The Balaban J connectivity index is 0. The van der Waals surface area contributed by atoms with Gasteiger partial charge in [-0.2, -0.15) is 5.10 Å². The molecule has 0 saturated heterocycles. The van der Waals surface area contributed by atoms with Gasteiger partial charge in [0, 0.05) is 33.4 Å². The SMILES string of the molecule is C/C=C\C(O)=C(/CC)C/C=C(/NCCCN(C)C(=O)C(C)C(/C=C\C)=C/C)n1cc(Br)cn1.C=NC.CC. The largest absolute Gasteiger partial charge is 0.508 e. The molecule has 214 valence electrons. The average molecular weight is 593 g/mol. The minimum Gasteiger partial charge on any atom is -0.508 e. The van der Waals surface area contributed by atoms with Crippen LogP contribution >= 0.6 is 15.9 Å². The summed E-state index contributed by atoms with van der Waals surface area (Å²) < 4.78 is 2.66. The standard InChI is InChI=1S/C26H39BrN4O2.C2H5N.C2H6/c1-7-12-21(9-3)20(5)26(33)30(6)17-11-16-28-25(31-19-23(27)18-29-31)15-14-22(10-4)24(32)13-8-2;1-3-2;1-2/h7-9,12-13,15,18-20,28,32H,10-11,14,16-17H2,1-6H3;1H2,2H3;1-2H3/b12-7-,13-8-,21-9+,24-22-,25-15-;;. The van der Waals surface area contributed by atoms with Crippen LogP contribution in [0, 0.1) is 5.92 Å². The fraction of sp³-hybridized carbons (Fsp3) is 0.500. The zero-order valence-electron chi connectivity index (χ0n) is 25.0. The fourth-order valence-corrected chi connectivity index (χ4v) is 3.69. The van der Waals surface area contributed by atoms with Crippen LogP contribution in [0.5, 0.6) is 0 Å². The molecule has 0 radical (unpaired) electrons. The highest BCUT2D eigenvalue weighted by molar-refractivity contribution is 9.10. The van der Waals surface area contributed by atoms with E-state index in [1.165, 1.54) is 0 Å². The second-order valence-corrected chi connectivity index (χ2v) is 9.02. The van der Waals surface area contributed by atoms with Crippen molar-refractivity contribution in [2.24, 2.45) is 10.9 Å². The Labute approximate surface area is 239 Å². The summed E-state index contributed by atoms with van der Waals surface area (Å²) in [5, 5.41) is 18.0. The number of aliphatic hydroxyl groups excluding tert-OH is 1. The van der Waals surface area contributed by atoms with E-state index in [9.17, 15) is 9.90 Å². The van der Waals surface area contributed by atoms with Gasteiger partial charge in [0.1, 0.15) is 11.6 Å². The van der Waals surface area contributed by atoms with Crippen LogP contribution in [0.3, 0.4) is 0 Å². The molecule has 1 rings (SSSR count). The Morgan fingerprint density at radius 1 is 1.29 bits per heavy atom. The molecule has 1 aromatic heterocycles. The molecule has 1 aromatic rings. The third-order valence-corrected chi connectivity index (χ3v) is 5.78. The molecule has 1 heterocycles. The number of rotatable bonds is 13. The van der Waals surface area contributed by atoms with Crippen molar-refractivity contribution in [1.82, 2.24) is 20.0 Å². The number of hydrogen-bond acceptors (Lipinski definition) is 5. The summed E-state index contributed by atoms with van der Waals surface area (Å²) in [5.41, 5.74) is 1.99. The highest BCUT2D eigenvalue weighted by atomic mass is 79.9. The summed E-state index contributed by atoms with van der Waals surface area (Å²) in [6.07, 6.45) is 17.3. The lowest BCUT2D eigenvalue weighted by Gasteiger charge is -2.22. The van der Waals surface area contributed by atoms with Gasteiger partial charge in [0.2, 0.25) is 5.91 Å². The second-order valence-electron chi connectivity index (χ2n) is 8.11. The number of carbonyl (C=O) groups is 1. The zero-order chi connectivity index (χ0) is 29.5. The van der Waals surface area contributed by atoms with Gasteiger partial charge in [-0.1, -0.05) is 45.1 Å². The van der Waals surface area contributed by atoms with Crippen molar-refractivity contribution in [2.75, 3.05) is 27.2 Å². The predicted octanol–water partition coefficient (Wildman–Crippen LogP) is 7.57. The van der Waals surface area contributed by atoms with Gasteiger partial charge >= 0.3 is 0 Å². The quantitative estimate of drug-likeness (QED) is 0.107. The molecular formula is C30H50BrN5O2. The number of aliphatic hydroxyl groups is 1. The molecular weight excluding hydrogens is 542 g/mol. The van der Waals surface area contributed by atoms with Gasteiger partial charge in [-0.25, -0.2) is 4.68 Å². The number of carbonyl (C=O) groups excluding carboxylic acids is 1. The minimum absolute atomic E-state index is 0.116. The van der Waals surface area contributed by atoms with E-state index in [4.69, 9.17) is 0 Å². The molecule has 8 heteroatoms. The van der Waals surface area contributed by atoms with Crippen molar-refractivity contribution < 1.29 is 9.90 Å². The number of nitrogens with zero attached hydrogens (tertiary/aromatic N) is 4. The molecule has 0 aliphatic rings. The van der Waals surface area contributed by atoms with Crippen molar-refractivity contribution in [3.05, 3.63) is 70.2 Å². The zero-order valence-corrected chi connectivity index (χ0v) is 26.5. The monoisotopic (exact) mass is 591 g/mol. The number of amides is 1. The van der Waals surface area contributed by atoms with Gasteiger partial charge in [0.25, 0.3) is 0 Å². The Kier molecular flexibility index (Phi) is 22.8. The van der Waals surface area contributed by atoms with E-state index in [0.29, 0.717) is 25.3 Å². The lowest BCUT2D eigenvalue weighted by Crippen LogP contribution is -2.34. The average Bonchev–Trinajstić information content (AvgIpc) is 3.35. The number of aliphatic imine (C=N–C) groups is 1. The predicted molar refractivity (Wildman–Crippen MR) is 168 cm³/mol. The van der Waals surface area contributed by atoms with E-state index in [1.807, 2.05) is 92.1 Å². The molecule has 1 unspecified atom stereocenters. The summed E-state index contributed by atoms with van der Waals surface area (Å²) in [6.45, 7) is 18.2. The van der Waals surface area contributed by atoms with Crippen LogP contribution in [-0.4, -0.2) is 59.6 Å². The van der Waals surface area contributed by atoms with Crippen LogP contribution in [0.15, 0.2) is 75.2 Å². The first-order valence-electron chi connectivity index (χ1n) is 13.3. The summed E-state index contributed by atoms with van der Waals surface area (Å²) in [4.78, 5) is 17.8. The molecule has 2 N–H and O–H groups in total. The Bertz CT molecular complexity index is 958. The number of aromatic nitrogens is 2. The number of halogens is 1. The van der Waals surface area contributed by atoms with Crippen molar-refractivity contribution in [3.8, 4) is 0 Å². The van der Waals surface area contributed by atoms with Crippen molar-refractivity contribution in [1.29, 1.82) is 0 Å². The molecule has 0 bridgehead atoms. The van der Waals surface area contributed by atoms with Gasteiger partial charge in [0.15, 0.2) is 0 Å². The molecule has 38 heavy (non-hydrogen) atoms. The summed E-state index contributed by atoms with van der Waals surface area (Å²) in [6, 6.07) is 0. The smallest absolute Gasteiger partial charge is 0.229 e. The first-order chi connectivity index (χ1) is 18.2. The number of hydrogen-bond donors (Lipinski definition) is 2. The Morgan fingerprint density at radius 2 is 1.89 bits per heavy atom. The Morgan fingerprint density at radius 3 is 2.37 bits per heavy atom. The first-order valence-corrected chi connectivity index (χ1v) is 14.1. The van der Waals surface area contributed by atoms with E-state index < -0.39 is 0 Å². The van der Waals surface area contributed by atoms with E-state index in [2.05, 4.69) is 38.1 Å². The fourth-order valence-electron chi connectivity index (χ4n) is 3.40. The van der Waals surface area contributed by atoms with E-state index in [1.54, 1.807) is 28.9 Å². The third kappa shape index (κ3) is 14.8. The second kappa shape index (κ2) is 23.3. The molecule has 1 atom stereocenters. The summed E-state index contributed by atoms with van der Waals surface area (Å²) in [5.74, 6) is 1.10. The van der Waals surface area contributed by atoms with Crippen molar-refractivity contribution in [2.45, 2.75) is 67.7 Å². The molecule has 1 amide bonds. The van der Waals surface area contributed by atoms with E-state index in [0.717, 1.165) is 34.3 Å². The summed E-state index contributed by atoms with van der Waals surface area (Å²) >= 11 is 3.45. The van der Waals surface area contributed by atoms with Gasteiger partial charge in [-0.3, -0.25) is 4.79 Å². The molecule has 7 nitrogen and oxygen atoms in total. The van der Waals surface area contributed by atoms with Crippen LogP contribution in [-0.2, 0) is 4.79 Å². The normalized spacial score (nSPS) is 13.2. The molecule has 0 saturated carbocycles. The lowest BCUT2D eigenvalue weighted by atomic mass is 9.99. The first kappa shape index (κ1) is 37.3. The van der Waals surface area contributed by atoms with Crippen LogP contribution in [0.4, 0.5) is 0 Å². The third-order valence-electron chi connectivity index (χ3n) is 5.37. The highest BCUT2D eigenvalue weighted by Crippen LogP contribution is 2.17. The molecule has 0 spiro atoms. The Hall–Kier alpha value is -2.87. The number of nitrogens with one attached hydrogen (secondary N) is 1. The van der Waals surface area contributed by atoms with Crippen LogP contribution in [0.2, 0.25) is 0 Å². The van der Waals surface area contributed by atoms with Crippen molar-refractivity contribution >= 4 is 34.4 Å². The van der Waals surface area contributed by atoms with Gasteiger partial charge < -0.3 is 20.3 Å². The van der Waals surface area contributed by atoms with E-state index in [-0.39, 0.29) is 11.8 Å². The lowest BCUT2D eigenvalue weighted by molar-refractivity contribution is -0.132. The van der Waals surface area contributed by atoms with Gasteiger partial charge in [-0.05, 0) is 92.9 Å². The van der Waals surface area contributed by atoms with Crippen LogP contribution < -0.4 is 5.32 Å². The summed E-state index contributed by atoms with van der Waals surface area (Å²) in [7, 11) is 3.49. The maximum absolute atomic E-state index is 12.8. The topological polar surface area (TPSA) is 82.8 Å². The molecule has 0 aromatic carbocycles. The minimum atomic E-state index is -0.162. The van der Waals surface area contributed by atoms with Crippen LogP contribution in [0.25, 0.3) is 5.82 Å². The van der Waals surface area contributed by atoms with Crippen molar-refractivity contribution in [3.63, 3.8) is 0 Å². The number of allylic oxidation sites excluding steroid dienone is 7.